The van der Waals surface area contributed by atoms with Crippen molar-refractivity contribution in [3.05, 3.63) is 46.4 Å². The lowest BCUT2D eigenvalue weighted by molar-refractivity contribution is -0.129. The normalized spacial score (nSPS) is 17.3. The predicted octanol–water partition coefficient (Wildman–Crippen LogP) is 1.68. The molecule has 3 rings (SSSR count). The summed E-state index contributed by atoms with van der Waals surface area (Å²) < 4.78 is 1.85. The fourth-order valence-corrected chi connectivity index (χ4v) is 3.29. The molecule has 23 heavy (non-hydrogen) atoms. The van der Waals surface area contributed by atoms with Crippen molar-refractivity contribution >= 4 is 29.2 Å². The van der Waals surface area contributed by atoms with Crippen LogP contribution < -0.4 is 5.32 Å². The lowest BCUT2D eigenvalue weighted by Crippen LogP contribution is -2.42. The Labute approximate surface area is 138 Å². The first kappa shape index (κ1) is 15.5. The molecule has 2 aromatic rings. The Morgan fingerprint density at radius 3 is 3.09 bits per heavy atom. The van der Waals surface area contributed by atoms with Crippen LogP contribution in [0.1, 0.15) is 23.0 Å². The second kappa shape index (κ2) is 6.78. The molecule has 2 amide bonds. The smallest absolute Gasteiger partial charge is 0.247 e. The van der Waals surface area contributed by atoms with Crippen LogP contribution in [0.15, 0.2) is 35.9 Å². The first-order valence-corrected chi connectivity index (χ1v) is 8.29. The minimum Gasteiger partial charge on any atom is -0.359 e. The van der Waals surface area contributed by atoms with Gasteiger partial charge in [0.1, 0.15) is 0 Å². The van der Waals surface area contributed by atoms with Gasteiger partial charge in [-0.15, -0.1) is 11.3 Å². The number of nitrogens with one attached hydrogen (secondary N) is 1. The maximum Gasteiger partial charge on any atom is 0.247 e. The third-order valence-corrected chi connectivity index (χ3v) is 4.66. The highest BCUT2D eigenvalue weighted by atomic mass is 32.1. The lowest BCUT2D eigenvalue weighted by Gasteiger charge is -2.33. The summed E-state index contributed by atoms with van der Waals surface area (Å²) in [6, 6.07) is 5.67. The monoisotopic (exact) mass is 330 g/mol. The van der Waals surface area contributed by atoms with E-state index in [0.717, 1.165) is 10.6 Å². The van der Waals surface area contributed by atoms with Crippen molar-refractivity contribution in [2.75, 3.05) is 13.6 Å². The Balaban J connectivity index is 1.74. The highest BCUT2D eigenvalue weighted by molar-refractivity contribution is 7.10. The zero-order valence-corrected chi connectivity index (χ0v) is 13.6. The van der Waals surface area contributed by atoms with Crippen molar-refractivity contribution in [2.24, 2.45) is 0 Å². The maximum atomic E-state index is 12.4. The van der Waals surface area contributed by atoms with Gasteiger partial charge in [-0.2, -0.15) is 5.10 Å². The van der Waals surface area contributed by atoms with E-state index in [0.29, 0.717) is 19.5 Å². The summed E-state index contributed by atoms with van der Waals surface area (Å²) in [5, 5.41) is 8.89. The van der Waals surface area contributed by atoms with E-state index in [2.05, 4.69) is 10.4 Å². The molecule has 0 spiro atoms. The number of carbonyl (C=O) groups excluding carboxylic acids is 2. The molecule has 0 aliphatic carbocycles. The SMILES string of the molecule is CNC(=O)CC1CN(C(=O)/C=C/c2cccs2)Cc2ccnn21. The molecule has 1 aliphatic rings. The molecule has 0 saturated carbocycles. The van der Waals surface area contributed by atoms with E-state index >= 15 is 0 Å². The Bertz CT molecular complexity index is 720. The highest BCUT2D eigenvalue weighted by Crippen LogP contribution is 2.23. The van der Waals surface area contributed by atoms with E-state index in [1.165, 1.54) is 0 Å². The summed E-state index contributed by atoms with van der Waals surface area (Å²) in [7, 11) is 1.61. The molecule has 0 fully saturated rings. The molecule has 1 unspecified atom stereocenters. The molecule has 7 heteroatoms. The molecular formula is C16H18N4O2S. The highest BCUT2D eigenvalue weighted by Gasteiger charge is 2.28. The van der Waals surface area contributed by atoms with E-state index in [1.807, 2.05) is 34.3 Å². The zero-order valence-electron chi connectivity index (χ0n) is 12.8. The Morgan fingerprint density at radius 2 is 2.35 bits per heavy atom. The van der Waals surface area contributed by atoms with Gasteiger partial charge in [-0.3, -0.25) is 14.3 Å². The van der Waals surface area contributed by atoms with Crippen LogP contribution in [0.2, 0.25) is 0 Å². The second-order valence-electron chi connectivity index (χ2n) is 5.37. The number of fused-ring (bicyclic) bond motifs is 1. The molecule has 0 bridgehead atoms. The molecule has 0 radical (unpaired) electrons. The molecule has 120 valence electrons. The van der Waals surface area contributed by atoms with Crippen LogP contribution in [0.25, 0.3) is 6.08 Å². The fourth-order valence-electron chi connectivity index (χ4n) is 2.67. The summed E-state index contributed by atoms with van der Waals surface area (Å²) in [6.45, 7) is 0.994. The molecule has 0 saturated heterocycles. The minimum absolute atomic E-state index is 0.0484. The number of aromatic nitrogens is 2. The van der Waals surface area contributed by atoms with Gasteiger partial charge >= 0.3 is 0 Å². The van der Waals surface area contributed by atoms with Crippen molar-refractivity contribution in [1.82, 2.24) is 20.0 Å². The van der Waals surface area contributed by atoms with Crippen LogP contribution in [-0.4, -0.2) is 40.1 Å². The zero-order chi connectivity index (χ0) is 16.2. The van der Waals surface area contributed by atoms with Gasteiger partial charge in [-0.05, 0) is 23.6 Å². The Kier molecular flexibility index (Phi) is 4.57. The van der Waals surface area contributed by atoms with E-state index in [9.17, 15) is 9.59 Å². The van der Waals surface area contributed by atoms with Gasteiger partial charge in [0.05, 0.1) is 24.7 Å². The van der Waals surface area contributed by atoms with Crippen LogP contribution in [-0.2, 0) is 16.1 Å². The van der Waals surface area contributed by atoms with Gasteiger partial charge in [-0.1, -0.05) is 6.07 Å². The van der Waals surface area contributed by atoms with Crippen molar-refractivity contribution in [3.8, 4) is 0 Å². The number of hydrogen-bond acceptors (Lipinski definition) is 4. The standard InChI is InChI=1S/C16H18N4O2S/c1-17-15(21)9-13-11-19(10-12-6-7-18-20(12)13)16(22)5-4-14-3-2-8-23-14/h2-8,13H,9-11H2,1H3,(H,17,21)/b5-4+. The van der Waals surface area contributed by atoms with Crippen LogP contribution >= 0.6 is 11.3 Å². The van der Waals surface area contributed by atoms with E-state index < -0.39 is 0 Å². The van der Waals surface area contributed by atoms with Crippen LogP contribution in [0, 0.1) is 0 Å². The number of hydrogen-bond donors (Lipinski definition) is 1. The largest absolute Gasteiger partial charge is 0.359 e. The van der Waals surface area contributed by atoms with E-state index in [1.54, 1.807) is 35.6 Å². The minimum atomic E-state index is -0.132. The van der Waals surface area contributed by atoms with Crippen molar-refractivity contribution < 1.29 is 9.59 Å². The van der Waals surface area contributed by atoms with Gasteiger partial charge < -0.3 is 10.2 Å². The van der Waals surface area contributed by atoms with Crippen LogP contribution in [0.3, 0.4) is 0 Å². The molecular weight excluding hydrogens is 312 g/mol. The lowest BCUT2D eigenvalue weighted by atomic mass is 10.1. The summed E-state index contributed by atoms with van der Waals surface area (Å²) in [5.74, 6) is -0.104. The Hall–Kier alpha value is -2.41. The van der Waals surface area contributed by atoms with Gasteiger partial charge in [0, 0.05) is 30.7 Å². The Morgan fingerprint density at radius 1 is 1.48 bits per heavy atom. The van der Waals surface area contributed by atoms with E-state index in [-0.39, 0.29) is 17.9 Å². The maximum absolute atomic E-state index is 12.4. The second-order valence-corrected chi connectivity index (χ2v) is 6.35. The van der Waals surface area contributed by atoms with E-state index in [4.69, 9.17) is 0 Å². The molecule has 2 aromatic heterocycles. The molecule has 1 N–H and O–H groups in total. The third kappa shape index (κ3) is 3.50. The quantitative estimate of drug-likeness (QED) is 0.867. The number of thiophene rings is 1. The first-order valence-electron chi connectivity index (χ1n) is 7.41. The summed E-state index contributed by atoms with van der Waals surface area (Å²) in [5.41, 5.74) is 0.947. The van der Waals surface area contributed by atoms with Gasteiger partial charge in [0.2, 0.25) is 11.8 Å². The summed E-state index contributed by atoms with van der Waals surface area (Å²) in [6.07, 6.45) is 5.44. The molecule has 6 nitrogen and oxygen atoms in total. The molecule has 3 heterocycles. The average molecular weight is 330 g/mol. The van der Waals surface area contributed by atoms with Crippen molar-refractivity contribution in [3.63, 3.8) is 0 Å². The molecule has 0 aromatic carbocycles. The summed E-state index contributed by atoms with van der Waals surface area (Å²) >= 11 is 1.59. The van der Waals surface area contributed by atoms with Crippen molar-refractivity contribution in [1.29, 1.82) is 0 Å². The number of nitrogens with zero attached hydrogens (tertiary/aromatic N) is 3. The number of amides is 2. The molecule has 1 atom stereocenters. The third-order valence-electron chi connectivity index (χ3n) is 3.83. The van der Waals surface area contributed by atoms with Crippen LogP contribution in [0.4, 0.5) is 0 Å². The molecule has 1 aliphatic heterocycles. The topological polar surface area (TPSA) is 67.2 Å². The number of rotatable bonds is 4. The summed E-state index contributed by atoms with van der Waals surface area (Å²) in [4.78, 5) is 26.9. The van der Waals surface area contributed by atoms with Gasteiger partial charge in [0.15, 0.2) is 0 Å². The van der Waals surface area contributed by atoms with Crippen LogP contribution in [0.5, 0.6) is 0 Å². The number of carbonyl (C=O) groups is 2. The van der Waals surface area contributed by atoms with Gasteiger partial charge in [-0.25, -0.2) is 0 Å². The first-order chi connectivity index (χ1) is 11.2. The fraction of sp³-hybridized carbons (Fsp3) is 0.312. The average Bonchev–Trinajstić information content (AvgIpc) is 3.23. The van der Waals surface area contributed by atoms with Gasteiger partial charge in [0.25, 0.3) is 0 Å². The van der Waals surface area contributed by atoms with Crippen molar-refractivity contribution in [2.45, 2.75) is 19.0 Å². The predicted molar refractivity (Wildman–Crippen MR) is 88.7 cm³/mol.